The van der Waals surface area contributed by atoms with Crippen molar-refractivity contribution in [3.8, 4) is 11.1 Å². The van der Waals surface area contributed by atoms with Gasteiger partial charge in [0.05, 0.1) is 5.69 Å². The molecule has 0 saturated heterocycles. The van der Waals surface area contributed by atoms with Gasteiger partial charge in [-0.1, -0.05) is 204 Å². The molecule has 5 aliphatic rings. The average molecular weight is 1110 g/mol. The molecule has 13 rings (SSSR count). The minimum atomic E-state index is -2.44. The van der Waals surface area contributed by atoms with Gasteiger partial charge in [-0.2, -0.15) is 0 Å². The Bertz CT molecular complexity index is 4080. The minimum absolute atomic E-state index is 0.0181. The smallest absolute Gasteiger partial charge is 0.252 e. The van der Waals surface area contributed by atoms with E-state index in [9.17, 15) is 4.11 Å². The SMILES string of the molecule is [2H]C([2H])([2H])c1cc2c3c(c1)N(c1ccc4c(c1C(C)(C)C)C(C)(C)c1ccccc1-4)c1cc(N(c4ccc(C(C)(C)C)cc4)c4ccc(C(C)(C)C)cc4)ccc1B3c1cc3c(cc1N2c1ccc2c(c1)C(C)(C)CCC2(C)C)C(C)(C)CCC3(C)C. The molecular formula is C80H92BN3. The highest BCUT2D eigenvalue weighted by molar-refractivity contribution is 7.00. The van der Waals surface area contributed by atoms with Crippen LogP contribution in [0.15, 0.2) is 146 Å². The van der Waals surface area contributed by atoms with Crippen molar-refractivity contribution in [2.45, 2.75) is 207 Å². The fourth-order valence-electron chi connectivity index (χ4n) is 15.9. The summed E-state index contributed by atoms with van der Waals surface area (Å²) in [5.41, 5.74) is 26.9. The van der Waals surface area contributed by atoms with Crippen LogP contribution in [0.4, 0.5) is 51.2 Å². The average Bonchev–Trinajstić information content (AvgIpc) is 1.31. The first kappa shape index (κ1) is 52.8. The largest absolute Gasteiger partial charge is 0.311 e. The van der Waals surface area contributed by atoms with Crippen LogP contribution in [0.1, 0.15) is 217 Å². The van der Waals surface area contributed by atoms with Gasteiger partial charge in [-0.3, -0.25) is 0 Å². The van der Waals surface area contributed by atoms with Crippen molar-refractivity contribution >= 4 is 74.3 Å². The lowest BCUT2D eigenvalue weighted by atomic mass is 9.33. The van der Waals surface area contributed by atoms with Crippen LogP contribution in [0, 0.1) is 6.85 Å². The van der Waals surface area contributed by atoms with Crippen molar-refractivity contribution < 1.29 is 4.11 Å². The summed E-state index contributed by atoms with van der Waals surface area (Å²) in [4.78, 5) is 7.46. The summed E-state index contributed by atoms with van der Waals surface area (Å²) in [7, 11) is 0. The third kappa shape index (κ3) is 8.62. The van der Waals surface area contributed by atoms with Crippen LogP contribution in [0.3, 0.4) is 0 Å². The van der Waals surface area contributed by atoms with Gasteiger partial charge in [0.25, 0.3) is 6.71 Å². The summed E-state index contributed by atoms with van der Waals surface area (Å²) >= 11 is 0. The van der Waals surface area contributed by atoms with E-state index in [1.807, 2.05) is 0 Å². The van der Waals surface area contributed by atoms with Gasteiger partial charge in [0.2, 0.25) is 0 Å². The van der Waals surface area contributed by atoms with Crippen molar-refractivity contribution in [1.82, 2.24) is 0 Å². The maximum absolute atomic E-state index is 9.55. The van der Waals surface area contributed by atoms with Gasteiger partial charge in [0, 0.05) is 55.0 Å². The third-order valence-electron chi connectivity index (χ3n) is 21.1. The van der Waals surface area contributed by atoms with Gasteiger partial charge in [-0.15, -0.1) is 0 Å². The van der Waals surface area contributed by atoms with E-state index in [1.165, 1.54) is 72.1 Å². The molecule has 0 fully saturated rings. The molecule has 2 heterocycles. The molecular weight excluding hydrogens is 1010 g/mol. The van der Waals surface area contributed by atoms with Crippen LogP contribution in [0.5, 0.6) is 0 Å². The molecule has 84 heavy (non-hydrogen) atoms. The number of hydrogen-bond donors (Lipinski definition) is 0. The van der Waals surface area contributed by atoms with Crippen LogP contribution >= 0.6 is 0 Å². The molecule has 0 saturated carbocycles. The maximum Gasteiger partial charge on any atom is 0.252 e. The number of aryl methyl sites for hydroxylation is 1. The van der Waals surface area contributed by atoms with E-state index in [0.717, 1.165) is 82.3 Å². The fraction of sp³-hybridized carbons (Fsp3) is 0.400. The predicted molar refractivity (Wildman–Crippen MR) is 364 cm³/mol. The molecule has 0 spiro atoms. The standard InChI is InChI=1S/C80H92BN3/c1-49-43-68-72-69(44-49)84(65-38-35-57-56-23-21-22-24-58(56)80(19,20)70(57)71(65)75(8,9)10)66-46-55(82(52-29-25-50(26-30-52)73(2,3)4)53-31-27-51(28-32-53)74(5,6)7)34-37-63(66)81(72)64-47-61-62(79(17,18)42-41-78(61,15)16)48-67(64)83(68)54-33-36-59-60(45-54)77(13,14)40-39-76(59,11)12/h21-38,43-48H,39-42H2,1-20H3/i1D3. The quantitative estimate of drug-likeness (QED) is 0.159. The molecule has 0 amide bonds. The second kappa shape index (κ2) is 18.4. The molecule has 0 bridgehead atoms. The normalized spacial score (nSPS) is 18.9. The molecule has 0 radical (unpaired) electrons. The molecule has 0 unspecified atom stereocenters. The molecule has 4 heteroatoms. The Balaban J connectivity index is 1.17. The molecule has 8 aromatic carbocycles. The molecule has 2 aliphatic heterocycles. The van der Waals surface area contributed by atoms with Gasteiger partial charge in [-0.25, -0.2) is 0 Å². The molecule has 8 aromatic rings. The first-order chi connectivity index (χ1) is 40.4. The van der Waals surface area contributed by atoms with Crippen LogP contribution < -0.4 is 31.1 Å². The highest BCUT2D eigenvalue weighted by atomic mass is 15.2. The lowest BCUT2D eigenvalue weighted by Gasteiger charge is -2.48. The van der Waals surface area contributed by atoms with Gasteiger partial charge in [0.15, 0.2) is 0 Å². The highest BCUT2D eigenvalue weighted by Crippen LogP contribution is 2.58. The van der Waals surface area contributed by atoms with E-state index >= 15 is 0 Å². The minimum Gasteiger partial charge on any atom is -0.311 e. The zero-order chi connectivity index (χ0) is 62.5. The first-order valence-corrected chi connectivity index (χ1v) is 31.5. The van der Waals surface area contributed by atoms with Gasteiger partial charge < -0.3 is 14.7 Å². The monoisotopic (exact) mass is 1110 g/mol. The topological polar surface area (TPSA) is 9.72 Å². The second-order valence-electron chi connectivity index (χ2n) is 32.2. The van der Waals surface area contributed by atoms with E-state index in [2.05, 4.69) is 292 Å². The lowest BCUT2D eigenvalue weighted by Crippen LogP contribution is -2.62. The summed E-state index contributed by atoms with van der Waals surface area (Å²) in [5, 5.41) is 0. The zero-order valence-electron chi connectivity index (χ0n) is 57.1. The molecule has 0 N–H and O–H groups in total. The van der Waals surface area contributed by atoms with Crippen molar-refractivity contribution in [3.05, 3.63) is 201 Å². The number of hydrogen-bond acceptors (Lipinski definition) is 3. The lowest BCUT2D eigenvalue weighted by molar-refractivity contribution is 0.332. The van der Waals surface area contributed by atoms with E-state index in [-0.39, 0.29) is 50.0 Å². The van der Waals surface area contributed by atoms with E-state index < -0.39 is 6.85 Å². The molecule has 0 atom stereocenters. The second-order valence-corrected chi connectivity index (χ2v) is 32.2. The number of rotatable bonds is 5. The Hall–Kier alpha value is -6.78. The molecule has 430 valence electrons. The Kier molecular flexibility index (Phi) is 11.5. The predicted octanol–water partition coefficient (Wildman–Crippen LogP) is 20.4. The Morgan fingerprint density at radius 1 is 0.417 bits per heavy atom. The van der Waals surface area contributed by atoms with Gasteiger partial charge in [-0.05, 0) is 226 Å². The fourth-order valence-corrected chi connectivity index (χ4v) is 15.9. The zero-order valence-corrected chi connectivity index (χ0v) is 54.1. The summed E-state index contributed by atoms with van der Waals surface area (Å²) in [5.74, 6) is 0. The summed E-state index contributed by atoms with van der Waals surface area (Å²) in [6.45, 7) is 42.3. The van der Waals surface area contributed by atoms with Crippen molar-refractivity contribution in [2.75, 3.05) is 14.7 Å². The van der Waals surface area contributed by atoms with Crippen LogP contribution in [-0.2, 0) is 43.3 Å². The van der Waals surface area contributed by atoms with E-state index in [1.54, 1.807) is 0 Å². The van der Waals surface area contributed by atoms with E-state index in [0.29, 0.717) is 5.56 Å². The molecule has 3 aliphatic carbocycles. The highest BCUT2D eigenvalue weighted by Gasteiger charge is 2.49. The van der Waals surface area contributed by atoms with Crippen LogP contribution in [0.25, 0.3) is 11.1 Å². The van der Waals surface area contributed by atoms with Crippen molar-refractivity contribution in [3.63, 3.8) is 0 Å². The molecule has 0 aromatic heterocycles. The Morgan fingerprint density at radius 3 is 1.49 bits per heavy atom. The summed E-state index contributed by atoms with van der Waals surface area (Å²) < 4.78 is 28.6. The van der Waals surface area contributed by atoms with Crippen LogP contribution in [-0.4, -0.2) is 6.71 Å². The van der Waals surface area contributed by atoms with Gasteiger partial charge >= 0.3 is 0 Å². The number of fused-ring (bicyclic) bond motifs is 9. The Morgan fingerprint density at radius 2 is 0.929 bits per heavy atom. The molecule has 3 nitrogen and oxygen atoms in total. The van der Waals surface area contributed by atoms with Crippen LogP contribution in [0.2, 0.25) is 0 Å². The maximum atomic E-state index is 9.55. The number of nitrogens with zero attached hydrogens (tertiary/aromatic N) is 3. The first-order valence-electron chi connectivity index (χ1n) is 33.0. The Labute approximate surface area is 510 Å². The van der Waals surface area contributed by atoms with Crippen molar-refractivity contribution in [1.29, 1.82) is 0 Å². The number of anilines is 9. The van der Waals surface area contributed by atoms with E-state index in [4.69, 9.17) is 0 Å². The van der Waals surface area contributed by atoms with Crippen molar-refractivity contribution in [2.24, 2.45) is 0 Å². The third-order valence-corrected chi connectivity index (χ3v) is 21.1. The van der Waals surface area contributed by atoms with Gasteiger partial charge in [0.1, 0.15) is 0 Å². The summed E-state index contributed by atoms with van der Waals surface area (Å²) in [6.07, 6.45) is 4.37. The summed E-state index contributed by atoms with van der Waals surface area (Å²) in [6, 6.07) is 55.8. The number of benzene rings is 8.